The first-order chi connectivity index (χ1) is 5.66. The molecule has 0 saturated heterocycles. The molecule has 0 aliphatic rings. The van der Waals surface area contributed by atoms with Crippen LogP contribution in [-0.4, -0.2) is 10.1 Å². The van der Waals surface area contributed by atoms with E-state index < -0.39 is 24.4 Å². The van der Waals surface area contributed by atoms with E-state index in [1.54, 1.807) is 0 Å². The summed E-state index contributed by atoms with van der Waals surface area (Å²) < 4.78 is 36.0. The van der Waals surface area contributed by atoms with Crippen molar-refractivity contribution >= 4 is 0 Å². The van der Waals surface area contributed by atoms with Crippen LogP contribution in [0.25, 0.3) is 0 Å². The lowest BCUT2D eigenvalue weighted by molar-refractivity contribution is 0.147. The van der Waals surface area contributed by atoms with Crippen LogP contribution in [0.2, 0.25) is 0 Å². The molecule has 1 N–H and O–H groups in total. The van der Waals surface area contributed by atoms with E-state index >= 15 is 0 Å². The Morgan fingerprint density at radius 2 is 2.17 bits per heavy atom. The highest BCUT2D eigenvalue weighted by Gasteiger charge is 2.15. The highest BCUT2D eigenvalue weighted by Crippen LogP contribution is 2.29. The molecule has 0 radical (unpaired) electrons. The molecule has 0 amide bonds. The van der Waals surface area contributed by atoms with Crippen molar-refractivity contribution in [3.05, 3.63) is 23.5 Å². The number of alkyl halides is 3. The SMILES string of the molecule is Oc1c(C(F)F)ccnc1CF. The average molecular weight is 177 g/mol. The van der Waals surface area contributed by atoms with Gasteiger partial charge in [-0.25, -0.2) is 13.2 Å². The zero-order chi connectivity index (χ0) is 9.14. The summed E-state index contributed by atoms with van der Waals surface area (Å²) in [6.07, 6.45) is -1.77. The summed E-state index contributed by atoms with van der Waals surface area (Å²) in [6.45, 7) is -1.05. The molecule has 0 spiro atoms. The van der Waals surface area contributed by atoms with Crippen LogP contribution in [0.15, 0.2) is 12.3 Å². The molecule has 0 atom stereocenters. The highest BCUT2D eigenvalue weighted by atomic mass is 19.3. The summed E-state index contributed by atoms with van der Waals surface area (Å²) in [7, 11) is 0. The second kappa shape index (κ2) is 3.42. The molecule has 0 saturated carbocycles. The second-order valence-corrected chi connectivity index (χ2v) is 2.13. The molecule has 0 fully saturated rings. The predicted octanol–water partition coefficient (Wildman–Crippen LogP) is 2.19. The third kappa shape index (κ3) is 1.49. The number of nitrogens with zero attached hydrogens (tertiary/aromatic N) is 1. The van der Waals surface area contributed by atoms with E-state index in [1.165, 1.54) is 0 Å². The first-order valence-electron chi connectivity index (χ1n) is 3.17. The zero-order valence-corrected chi connectivity index (χ0v) is 5.97. The van der Waals surface area contributed by atoms with Gasteiger partial charge < -0.3 is 5.11 Å². The van der Waals surface area contributed by atoms with Crippen LogP contribution in [0.3, 0.4) is 0 Å². The number of aromatic hydroxyl groups is 1. The van der Waals surface area contributed by atoms with E-state index in [9.17, 15) is 13.2 Å². The molecular weight excluding hydrogens is 171 g/mol. The van der Waals surface area contributed by atoms with Gasteiger partial charge in [-0.1, -0.05) is 0 Å². The number of rotatable bonds is 2. The fraction of sp³-hybridized carbons (Fsp3) is 0.286. The highest BCUT2D eigenvalue weighted by molar-refractivity contribution is 5.35. The molecule has 12 heavy (non-hydrogen) atoms. The summed E-state index contributed by atoms with van der Waals surface area (Å²) in [5, 5.41) is 8.98. The molecule has 1 heterocycles. The van der Waals surface area contributed by atoms with Gasteiger partial charge in [-0.3, -0.25) is 4.98 Å². The van der Waals surface area contributed by atoms with Gasteiger partial charge in [0.15, 0.2) is 0 Å². The van der Waals surface area contributed by atoms with Crippen LogP contribution in [0.4, 0.5) is 13.2 Å². The van der Waals surface area contributed by atoms with E-state index in [1.807, 2.05) is 0 Å². The molecule has 1 aromatic rings. The minimum Gasteiger partial charge on any atom is -0.505 e. The summed E-state index contributed by atoms with van der Waals surface area (Å²) in [5.41, 5.74) is -0.939. The lowest BCUT2D eigenvalue weighted by Gasteiger charge is -2.04. The van der Waals surface area contributed by atoms with Crippen molar-refractivity contribution in [2.24, 2.45) is 0 Å². The average Bonchev–Trinajstić information content (AvgIpc) is 2.04. The molecule has 0 aromatic carbocycles. The molecule has 1 aromatic heterocycles. The normalized spacial score (nSPS) is 10.7. The quantitative estimate of drug-likeness (QED) is 0.751. The van der Waals surface area contributed by atoms with Crippen molar-refractivity contribution in [1.82, 2.24) is 4.98 Å². The van der Waals surface area contributed by atoms with Gasteiger partial charge in [-0.15, -0.1) is 0 Å². The summed E-state index contributed by atoms with van der Waals surface area (Å²) in [4.78, 5) is 3.38. The lowest BCUT2D eigenvalue weighted by atomic mass is 10.2. The van der Waals surface area contributed by atoms with Crippen molar-refractivity contribution < 1.29 is 18.3 Å². The van der Waals surface area contributed by atoms with E-state index in [0.29, 0.717) is 0 Å². The maximum Gasteiger partial charge on any atom is 0.267 e. The Morgan fingerprint density at radius 1 is 1.50 bits per heavy atom. The largest absolute Gasteiger partial charge is 0.505 e. The summed E-state index contributed by atoms with van der Waals surface area (Å²) >= 11 is 0. The van der Waals surface area contributed by atoms with E-state index in [-0.39, 0.29) is 5.69 Å². The summed E-state index contributed by atoms with van der Waals surface area (Å²) in [6, 6.07) is 0.958. The van der Waals surface area contributed by atoms with Gasteiger partial charge in [0.05, 0.1) is 5.56 Å². The minimum atomic E-state index is -2.81. The van der Waals surface area contributed by atoms with Crippen LogP contribution in [-0.2, 0) is 6.67 Å². The molecule has 1 rings (SSSR count). The monoisotopic (exact) mass is 177 g/mol. The molecule has 0 aliphatic carbocycles. The zero-order valence-electron chi connectivity index (χ0n) is 5.97. The smallest absolute Gasteiger partial charge is 0.267 e. The van der Waals surface area contributed by atoms with Gasteiger partial charge in [0.25, 0.3) is 6.43 Å². The molecular formula is C7H6F3NO. The maximum atomic E-state index is 12.0. The number of aromatic nitrogens is 1. The number of hydrogen-bond acceptors (Lipinski definition) is 2. The van der Waals surface area contributed by atoms with Gasteiger partial charge in [0.2, 0.25) is 0 Å². The molecule has 0 bridgehead atoms. The molecule has 2 nitrogen and oxygen atoms in total. The molecule has 0 unspecified atom stereocenters. The number of pyridine rings is 1. The standard InChI is InChI=1S/C7H6F3NO/c8-3-5-6(12)4(7(9)10)1-2-11-5/h1-2,7,12H,3H2. The first kappa shape index (κ1) is 8.83. The Hall–Kier alpha value is -1.26. The van der Waals surface area contributed by atoms with E-state index in [4.69, 9.17) is 5.11 Å². The van der Waals surface area contributed by atoms with Gasteiger partial charge in [0.1, 0.15) is 18.1 Å². The van der Waals surface area contributed by atoms with Crippen LogP contribution in [0.1, 0.15) is 17.7 Å². The van der Waals surface area contributed by atoms with Crippen LogP contribution >= 0.6 is 0 Å². The second-order valence-electron chi connectivity index (χ2n) is 2.13. The van der Waals surface area contributed by atoms with E-state index in [0.717, 1.165) is 12.3 Å². The van der Waals surface area contributed by atoms with Crippen molar-refractivity contribution in [2.45, 2.75) is 13.1 Å². The third-order valence-electron chi connectivity index (χ3n) is 1.39. The topological polar surface area (TPSA) is 33.1 Å². The Balaban J connectivity index is 3.14. The van der Waals surface area contributed by atoms with Crippen LogP contribution in [0, 0.1) is 0 Å². The fourth-order valence-electron chi connectivity index (χ4n) is 0.788. The predicted molar refractivity (Wildman–Crippen MR) is 35.7 cm³/mol. The molecule has 0 aliphatic heterocycles. The third-order valence-corrected chi connectivity index (χ3v) is 1.39. The molecule has 5 heteroatoms. The first-order valence-corrected chi connectivity index (χ1v) is 3.17. The van der Waals surface area contributed by atoms with Crippen LogP contribution < -0.4 is 0 Å². The van der Waals surface area contributed by atoms with Gasteiger partial charge >= 0.3 is 0 Å². The fourth-order valence-corrected chi connectivity index (χ4v) is 0.788. The maximum absolute atomic E-state index is 12.0. The minimum absolute atomic E-state index is 0.354. The number of halogens is 3. The van der Waals surface area contributed by atoms with Gasteiger partial charge in [0, 0.05) is 6.20 Å². The Morgan fingerprint density at radius 3 is 2.67 bits per heavy atom. The Kier molecular flexibility index (Phi) is 2.52. The van der Waals surface area contributed by atoms with E-state index in [2.05, 4.69) is 4.98 Å². The van der Waals surface area contributed by atoms with Crippen molar-refractivity contribution in [1.29, 1.82) is 0 Å². The van der Waals surface area contributed by atoms with Crippen LogP contribution in [0.5, 0.6) is 5.75 Å². The lowest BCUT2D eigenvalue weighted by Crippen LogP contribution is -1.92. The number of hydrogen-bond donors (Lipinski definition) is 1. The Bertz CT molecular complexity index is 277. The van der Waals surface area contributed by atoms with Gasteiger partial charge in [-0.2, -0.15) is 0 Å². The van der Waals surface area contributed by atoms with Crippen molar-refractivity contribution in [2.75, 3.05) is 0 Å². The van der Waals surface area contributed by atoms with Crippen molar-refractivity contribution in [3.8, 4) is 5.75 Å². The van der Waals surface area contributed by atoms with Gasteiger partial charge in [-0.05, 0) is 6.07 Å². The Labute approximate surface area is 66.7 Å². The molecule has 66 valence electrons. The summed E-state index contributed by atoms with van der Waals surface area (Å²) in [5.74, 6) is -0.755. The van der Waals surface area contributed by atoms with Crippen molar-refractivity contribution in [3.63, 3.8) is 0 Å².